The number of aryl methyl sites for hydroxylation is 1. The zero-order valence-corrected chi connectivity index (χ0v) is 15.3. The Morgan fingerprint density at radius 2 is 2.07 bits per heavy atom. The van der Waals surface area contributed by atoms with Gasteiger partial charge in [0.2, 0.25) is 0 Å². The van der Waals surface area contributed by atoms with Crippen LogP contribution in [0.25, 0.3) is 0 Å². The molecule has 1 N–H and O–H groups in total. The number of benzene rings is 1. The average Bonchev–Trinajstić information content (AvgIpc) is 3.24. The van der Waals surface area contributed by atoms with Gasteiger partial charge in [-0.3, -0.25) is 24.7 Å². The molecule has 0 saturated heterocycles. The Hall–Kier alpha value is -4.22. The molecule has 0 fully saturated rings. The van der Waals surface area contributed by atoms with Gasteiger partial charge in [-0.2, -0.15) is 24.9 Å². The summed E-state index contributed by atoms with van der Waals surface area (Å²) in [5, 5.41) is 23.3. The second-order valence-corrected chi connectivity index (χ2v) is 6.33. The number of carbonyl (C=O) groups excluding carboxylic acids is 2. The van der Waals surface area contributed by atoms with Gasteiger partial charge in [-0.05, 0) is 13.0 Å². The first-order valence-electron chi connectivity index (χ1n) is 8.45. The van der Waals surface area contributed by atoms with Crippen molar-refractivity contribution in [3.8, 4) is 0 Å². The number of anilines is 1. The maximum Gasteiger partial charge on any atom is 0.270 e. The first kappa shape index (κ1) is 18.2. The van der Waals surface area contributed by atoms with Crippen molar-refractivity contribution in [2.24, 2.45) is 21.0 Å². The number of hydrazone groups is 1. The Labute approximate surface area is 163 Å². The third-order valence-corrected chi connectivity index (χ3v) is 4.27. The molecule has 1 unspecified atom stereocenters. The Balaban J connectivity index is 1.65. The number of nitro benzene ring substituents is 1. The molecular weight excluding hydrogens is 380 g/mol. The number of aliphatic imine (C=N–C) groups is 2. The summed E-state index contributed by atoms with van der Waals surface area (Å²) in [6.45, 7) is 1.70. The third kappa shape index (κ3) is 3.26. The molecule has 29 heavy (non-hydrogen) atoms. The van der Waals surface area contributed by atoms with Gasteiger partial charge in [0.05, 0.1) is 10.6 Å². The molecule has 2 aliphatic rings. The Morgan fingerprint density at radius 3 is 2.83 bits per heavy atom. The molecule has 4 rings (SSSR count). The summed E-state index contributed by atoms with van der Waals surface area (Å²) in [7, 11) is 1.66. The zero-order chi connectivity index (χ0) is 20.7. The predicted octanol–water partition coefficient (Wildman–Crippen LogP) is 1.04. The SMILES string of the molecule is Cc1cc(NC(=O)c2cccc([N+](=O)[O-])c2)n(C2=NC(=O)C3C=NN(C)C3=N2)n1. The van der Waals surface area contributed by atoms with Gasteiger partial charge in [0.15, 0.2) is 0 Å². The van der Waals surface area contributed by atoms with Crippen LogP contribution in [0, 0.1) is 23.0 Å². The van der Waals surface area contributed by atoms with Crippen molar-refractivity contribution in [1.82, 2.24) is 14.8 Å². The number of fused-ring (bicyclic) bond motifs is 1. The van der Waals surface area contributed by atoms with Crippen LogP contribution in [0.3, 0.4) is 0 Å². The molecule has 1 aromatic heterocycles. The molecule has 2 amide bonds. The van der Waals surface area contributed by atoms with Crippen LogP contribution >= 0.6 is 0 Å². The van der Waals surface area contributed by atoms with Crippen molar-refractivity contribution in [2.75, 3.05) is 12.4 Å². The fourth-order valence-corrected chi connectivity index (χ4v) is 2.89. The van der Waals surface area contributed by atoms with Gasteiger partial charge in [-0.25, -0.2) is 0 Å². The highest BCUT2D eigenvalue weighted by atomic mass is 16.6. The van der Waals surface area contributed by atoms with Crippen molar-refractivity contribution >= 4 is 41.3 Å². The number of rotatable bonds is 3. The minimum absolute atomic E-state index is 0.0129. The minimum atomic E-state index is -0.636. The van der Waals surface area contributed by atoms with E-state index in [1.807, 2.05) is 0 Å². The number of amidine groups is 1. The quantitative estimate of drug-likeness (QED) is 0.607. The van der Waals surface area contributed by atoms with Crippen LogP contribution in [0.5, 0.6) is 0 Å². The van der Waals surface area contributed by atoms with Gasteiger partial charge < -0.3 is 5.32 Å². The number of aromatic nitrogens is 2. The zero-order valence-electron chi connectivity index (χ0n) is 15.3. The molecule has 146 valence electrons. The van der Waals surface area contributed by atoms with Crippen LogP contribution in [-0.4, -0.2) is 56.6 Å². The van der Waals surface area contributed by atoms with E-state index < -0.39 is 22.7 Å². The van der Waals surface area contributed by atoms with E-state index in [2.05, 4.69) is 25.5 Å². The summed E-state index contributed by atoms with van der Waals surface area (Å²) >= 11 is 0. The molecule has 2 aromatic rings. The Bertz CT molecular complexity index is 1150. The normalized spacial score (nSPS) is 17.7. The van der Waals surface area contributed by atoms with Gasteiger partial charge in [0.1, 0.15) is 17.6 Å². The highest BCUT2D eigenvalue weighted by Gasteiger charge is 2.35. The van der Waals surface area contributed by atoms with Crippen molar-refractivity contribution in [3.05, 3.63) is 51.7 Å². The lowest BCUT2D eigenvalue weighted by molar-refractivity contribution is -0.384. The first-order chi connectivity index (χ1) is 13.8. The van der Waals surface area contributed by atoms with Crippen LogP contribution < -0.4 is 5.32 Å². The van der Waals surface area contributed by atoms with Crippen molar-refractivity contribution in [3.63, 3.8) is 0 Å². The predicted molar refractivity (Wildman–Crippen MR) is 103 cm³/mol. The van der Waals surface area contributed by atoms with Crippen molar-refractivity contribution in [1.29, 1.82) is 0 Å². The van der Waals surface area contributed by atoms with E-state index in [1.165, 1.54) is 40.2 Å². The second kappa shape index (κ2) is 6.74. The second-order valence-electron chi connectivity index (χ2n) is 6.33. The number of non-ortho nitro benzene ring substituents is 1. The van der Waals surface area contributed by atoms with Crippen LogP contribution in [0.1, 0.15) is 16.1 Å². The van der Waals surface area contributed by atoms with E-state index in [1.54, 1.807) is 20.0 Å². The smallest absolute Gasteiger partial charge is 0.270 e. The van der Waals surface area contributed by atoms with E-state index >= 15 is 0 Å². The molecule has 12 nitrogen and oxygen atoms in total. The number of nitro groups is 1. The molecule has 0 radical (unpaired) electrons. The van der Waals surface area contributed by atoms with Crippen molar-refractivity contribution < 1.29 is 14.5 Å². The van der Waals surface area contributed by atoms with E-state index in [0.29, 0.717) is 11.5 Å². The maximum absolute atomic E-state index is 12.6. The molecule has 3 heterocycles. The summed E-state index contributed by atoms with van der Waals surface area (Å²) in [5.41, 5.74) is 0.445. The molecule has 1 aromatic carbocycles. The summed E-state index contributed by atoms with van der Waals surface area (Å²) in [4.78, 5) is 43.5. The monoisotopic (exact) mass is 394 g/mol. The number of amides is 2. The van der Waals surface area contributed by atoms with E-state index in [-0.39, 0.29) is 23.0 Å². The summed E-state index contributed by atoms with van der Waals surface area (Å²) in [6.07, 6.45) is 1.46. The van der Waals surface area contributed by atoms with Gasteiger partial charge in [-0.1, -0.05) is 6.07 Å². The summed E-state index contributed by atoms with van der Waals surface area (Å²) in [6, 6.07) is 6.90. The molecule has 0 spiro atoms. The molecule has 12 heteroatoms. The highest BCUT2D eigenvalue weighted by Crippen LogP contribution is 2.20. The fraction of sp³-hybridized carbons (Fsp3) is 0.176. The highest BCUT2D eigenvalue weighted by molar-refractivity contribution is 6.24. The molecule has 0 aliphatic carbocycles. The van der Waals surface area contributed by atoms with Gasteiger partial charge in [0, 0.05) is 37.0 Å². The summed E-state index contributed by atoms with van der Waals surface area (Å²) in [5.74, 6) is -1.05. The van der Waals surface area contributed by atoms with E-state index in [4.69, 9.17) is 0 Å². The van der Waals surface area contributed by atoms with Crippen molar-refractivity contribution in [2.45, 2.75) is 6.92 Å². The third-order valence-electron chi connectivity index (χ3n) is 4.27. The molecule has 0 saturated carbocycles. The lowest BCUT2D eigenvalue weighted by Gasteiger charge is -2.17. The number of carbonyl (C=O) groups is 2. The van der Waals surface area contributed by atoms with Crippen LogP contribution in [0.2, 0.25) is 0 Å². The average molecular weight is 394 g/mol. The van der Waals surface area contributed by atoms with Gasteiger partial charge >= 0.3 is 0 Å². The van der Waals surface area contributed by atoms with Gasteiger partial charge in [-0.15, -0.1) is 0 Å². The Morgan fingerprint density at radius 1 is 1.28 bits per heavy atom. The standard InChI is InChI=1S/C17H14N8O4/c1-9-6-13(19-15(26)10-4-3-5-11(7-10)25(28)29)24(22-9)17-20-14-12(16(27)21-17)8-18-23(14)2/h3-8,12H,1-2H3,(H,19,26). The Kier molecular flexibility index (Phi) is 4.22. The topological polar surface area (TPSA) is 147 Å². The molecule has 1 atom stereocenters. The van der Waals surface area contributed by atoms with E-state index in [9.17, 15) is 19.7 Å². The molecule has 0 bridgehead atoms. The van der Waals surface area contributed by atoms with E-state index in [0.717, 1.165) is 0 Å². The van der Waals surface area contributed by atoms with Crippen LogP contribution in [0.4, 0.5) is 11.5 Å². The number of hydrogen-bond acceptors (Lipinski definition) is 8. The fourth-order valence-electron chi connectivity index (χ4n) is 2.89. The number of hydrogen-bond donors (Lipinski definition) is 1. The van der Waals surface area contributed by atoms with Crippen LogP contribution in [-0.2, 0) is 4.79 Å². The lowest BCUT2D eigenvalue weighted by Crippen LogP contribution is -2.35. The van der Waals surface area contributed by atoms with Gasteiger partial charge in [0.25, 0.3) is 23.5 Å². The first-order valence-corrected chi connectivity index (χ1v) is 8.45. The van der Waals surface area contributed by atoms with Crippen LogP contribution in [0.15, 0.2) is 45.4 Å². The molecule has 2 aliphatic heterocycles. The maximum atomic E-state index is 12.6. The largest absolute Gasteiger partial charge is 0.306 e. The lowest BCUT2D eigenvalue weighted by atomic mass is 10.1. The number of nitrogens with zero attached hydrogens (tertiary/aromatic N) is 7. The molecular formula is C17H14N8O4. The number of nitrogens with one attached hydrogen (secondary N) is 1. The minimum Gasteiger partial charge on any atom is -0.306 e. The summed E-state index contributed by atoms with van der Waals surface area (Å²) < 4.78 is 1.23.